The van der Waals surface area contributed by atoms with Gasteiger partial charge in [-0.25, -0.2) is 0 Å². The maximum absolute atomic E-state index is 15.3. The highest BCUT2D eigenvalue weighted by atomic mass is 32.2. The number of carbonyl (C=O) groups is 15. The molecule has 1 unspecified atom stereocenters. The Kier molecular flexibility index (Phi) is 51.7. The molecule has 0 bridgehead atoms. The molecule has 2 aliphatic rings. The van der Waals surface area contributed by atoms with E-state index in [2.05, 4.69) is 53.2 Å². The standard InChI is InChI=1S/C76H120N16O24S2/c1-109-26-27-111-30-31-113-34-35-115-38-39-116-37-36-114-33-32-112-29-28-110-25-9-13-52(93)12-7-14-54-47-117-48-61(76(108)92-24-8-16-62(92)75(107)87-55(15-5-6-23-77)69(101)84-44-65(81)97)91-73(105)59(42-64(80)96)90-70(102)56(21-22-63(79)95)86-71(103)57(40-50-10-3-2-4-11-50)88-72(104)58(41-51-17-19-53(94)20-18-51)89-74(106)60(49-118-54)85-68(100)46-83-67(99)45-82-66(98)43-78/h2-4,10-11,17-20,54-62,94H,5-9,12-16,21-49,77-78H2,1H3,(H2,79,95)(H2,80,96)(H2,81,97)(H,82,98)(H,83,99)(H,84,101)(H,85,100)(H,86,103)(H,87,107)(H,88,104)(H,89,106)(H,90,102)(H,91,105)/t54?,55-,56-,57-,58-,59-,60-,61-,62-/m0/s1. The quantitative estimate of drug-likeness (QED) is 0.0275. The molecule has 0 aliphatic carbocycles. The number of Topliss-reactive ketones (excluding diaryl/α,β-unsaturated/α-hetero) is 1. The SMILES string of the molecule is COCCOCCOCCOCCOCCOCCOCCOCCCC(=O)CCCC1CSC[C@@H](C(=O)N2CCC[C@H]2C(=O)N[C@@H](CCCCN)C(=O)NCC(N)=O)NC(=O)[C@H](CC(N)=O)NC(=O)[C@H](CCC(N)=O)NC(=O)[C@H](Cc2ccccc2)NC(=O)[C@H](Cc2ccc(O)cc2)NC(=O)[C@@H](NC(=O)CNC(=O)CNC(=O)CN)CS1. The highest BCUT2D eigenvalue weighted by molar-refractivity contribution is 8.03. The smallest absolute Gasteiger partial charge is 0.246 e. The number of ketones is 1. The van der Waals surface area contributed by atoms with Crippen molar-refractivity contribution in [1.82, 2.24) is 58.1 Å². The van der Waals surface area contributed by atoms with E-state index in [1.807, 2.05) is 0 Å². The number of amides is 14. The van der Waals surface area contributed by atoms with Gasteiger partial charge in [0.2, 0.25) is 82.7 Å². The third-order valence-electron chi connectivity index (χ3n) is 18.0. The van der Waals surface area contributed by atoms with Gasteiger partial charge in [0, 0.05) is 74.9 Å². The van der Waals surface area contributed by atoms with Gasteiger partial charge in [-0.05, 0) is 87.6 Å². The molecule has 2 fully saturated rings. The van der Waals surface area contributed by atoms with Gasteiger partial charge in [-0.1, -0.05) is 42.5 Å². The maximum Gasteiger partial charge on any atom is 0.246 e. The molecule has 21 N–H and O–H groups in total. The third-order valence-corrected chi connectivity index (χ3v) is 20.8. The first-order valence-electron chi connectivity index (χ1n) is 39.3. The van der Waals surface area contributed by atoms with Crippen molar-refractivity contribution in [1.29, 1.82) is 0 Å². The second kappa shape index (κ2) is 60.3. The number of rotatable bonds is 54. The van der Waals surface area contributed by atoms with Gasteiger partial charge in [-0.15, -0.1) is 0 Å². The van der Waals surface area contributed by atoms with Crippen LogP contribution in [-0.2, 0) is 123 Å². The van der Waals surface area contributed by atoms with Crippen molar-refractivity contribution < 1.29 is 115 Å². The molecule has 660 valence electrons. The van der Waals surface area contributed by atoms with Crippen LogP contribution in [-0.4, -0.2) is 315 Å². The van der Waals surface area contributed by atoms with E-state index in [9.17, 15) is 62.6 Å². The van der Waals surface area contributed by atoms with Crippen molar-refractivity contribution in [2.24, 2.45) is 28.7 Å². The molecule has 2 heterocycles. The highest BCUT2D eigenvalue weighted by Gasteiger charge is 2.41. The van der Waals surface area contributed by atoms with Crippen molar-refractivity contribution in [2.45, 2.75) is 150 Å². The summed E-state index contributed by atoms with van der Waals surface area (Å²) in [7, 11) is 1.61. The fourth-order valence-corrected chi connectivity index (χ4v) is 14.5. The van der Waals surface area contributed by atoms with Gasteiger partial charge in [0.15, 0.2) is 0 Å². The summed E-state index contributed by atoms with van der Waals surface area (Å²) < 4.78 is 43.7. The molecule has 0 spiro atoms. The number of aromatic hydroxyl groups is 1. The number of carbonyl (C=O) groups excluding carboxylic acids is 15. The molecule has 14 amide bonds. The van der Waals surface area contributed by atoms with Crippen molar-refractivity contribution in [3.05, 3.63) is 65.7 Å². The molecule has 118 heavy (non-hydrogen) atoms. The number of hydrogen-bond donors (Lipinski definition) is 16. The minimum absolute atomic E-state index is 0.0510. The molecule has 40 nitrogen and oxygen atoms in total. The molecule has 0 saturated carbocycles. The summed E-state index contributed by atoms with van der Waals surface area (Å²) in [6.07, 6.45) is -0.326. The first-order chi connectivity index (χ1) is 56.8. The fraction of sp³-hybridized carbons (Fsp3) is 0.645. The lowest BCUT2D eigenvalue weighted by Crippen LogP contribution is -2.61. The van der Waals surface area contributed by atoms with Gasteiger partial charge < -0.3 is 130 Å². The molecule has 42 heteroatoms. The zero-order valence-corrected chi connectivity index (χ0v) is 68.6. The van der Waals surface area contributed by atoms with Crippen LogP contribution in [0.3, 0.4) is 0 Å². The van der Waals surface area contributed by atoms with Crippen LogP contribution in [0.4, 0.5) is 0 Å². The topological polar surface area (TPSA) is 604 Å². The minimum atomic E-state index is -1.91. The average Bonchev–Trinajstić information content (AvgIpc) is 1.64. The summed E-state index contributed by atoms with van der Waals surface area (Å²) in [5.74, 6) is -13.8. The summed E-state index contributed by atoms with van der Waals surface area (Å²) >= 11 is 2.21. The Balaban J connectivity index is 1.69. The number of primary amides is 3. The predicted octanol–water partition coefficient (Wildman–Crippen LogP) is -5.24. The number of phenolic OH excluding ortho intramolecular Hbond substituents is 1. The van der Waals surface area contributed by atoms with Crippen molar-refractivity contribution in [3.63, 3.8) is 0 Å². The van der Waals surface area contributed by atoms with Crippen molar-refractivity contribution in [3.8, 4) is 5.75 Å². The number of phenols is 1. The Labute approximate surface area is 694 Å². The molecule has 2 saturated heterocycles. The number of methoxy groups -OCH3 is 1. The normalized spacial score (nSPS) is 19.4. The van der Waals surface area contributed by atoms with E-state index in [1.165, 1.54) is 29.2 Å². The van der Waals surface area contributed by atoms with E-state index in [1.54, 1.807) is 37.4 Å². The second-order valence-electron chi connectivity index (χ2n) is 27.4. The van der Waals surface area contributed by atoms with Crippen molar-refractivity contribution in [2.75, 3.05) is 163 Å². The molecular weight excluding hydrogens is 1590 g/mol. The summed E-state index contributed by atoms with van der Waals surface area (Å²) in [6.45, 7) is 3.66. The van der Waals surface area contributed by atoms with Crippen LogP contribution < -0.4 is 81.8 Å². The first kappa shape index (κ1) is 101. The fourth-order valence-electron chi connectivity index (χ4n) is 11.7. The summed E-state index contributed by atoms with van der Waals surface area (Å²) in [6, 6.07) is 1.25. The molecule has 9 atom stereocenters. The number of hydrogen-bond acceptors (Lipinski definition) is 28. The Morgan fingerprint density at radius 1 is 0.525 bits per heavy atom. The number of thioether (sulfide) groups is 2. The molecule has 2 aromatic carbocycles. The zero-order chi connectivity index (χ0) is 86.2. The molecule has 4 rings (SSSR count). The van der Waals surface area contributed by atoms with E-state index in [0.717, 1.165) is 23.5 Å². The van der Waals surface area contributed by atoms with Crippen LogP contribution in [0.15, 0.2) is 54.6 Å². The van der Waals surface area contributed by atoms with Crippen molar-refractivity contribution >= 4 is 112 Å². The number of unbranched alkanes of at least 4 members (excludes halogenated alkanes) is 1. The summed E-state index contributed by atoms with van der Waals surface area (Å²) in [5.41, 5.74) is 28.6. The average molecular weight is 1710 g/mol. The Morgan fingerprint density at radius 2 is 1.05 bits per heavy atom. The Hall–Kier alpha value is -9.21. The summed E-state index contributed by atoms with van der Waals surface area (Å²) in [5, 5.41) is 35.0. The Bertz CT molecular complexity index is 3450. The molecule has 0 radical (unpaired) electrons. The van der Waals surface area contributed by atoms with Gasteiger partial charge in [-0.3, -0.25) is 71.9 Å². The minimum Gasteiger partial charge on any atom is -0.508 e. The third kappa shape index (κ3) is 44.0. The van der Waals surface area contributed by atoms with Gasteiger partial charge >= 0.3 is 0 Å². The number of nitrogens with zero attached hydrogens (tertiary/aromatic N) is 1. The molecule has 2 aromatic rings. The van der Waals surface area contributed by atoms with Crippen LogP contribution in [0, 0.1) is 0 Å². The Morgan fingerprint density at radius 3 is 1.62 bits per heavy atom. The molecular formula is C76H120N16O24S2. The number of nitrogens with one attached hydrogen (secondary N) is 10. The lowest BCUT2D eigenvalue weighted by atomic mass is 10.0. The van der Waals surface area contributed by atoms with E-state index < -0.39 is 182 Å². The van der Waals surface area contributed by atoms with Gasteiger partial charge in [0.25, 0.3) is 0 Å². The van der Waals surface area contributed by atoms with E-state index in [0.29, 0.717) is 110 Å². The second-order valence-corrected chi connectivity index (χ2v) is 29.9. The van der Waals surface area contributed by atoms with Gasteiger partial charge in [0.1, 0.15) is 59.9 Å². The monoisotopic (exact) mass is 1700 g/mol. The summed E-state index contributed by atoms with van der Waals surface area (Å²) in [4.78, 5) is 208. The van der Waals surface area contributed by atoms with Gasteiger partial charge in [-0.2, -0.15) is 23.5 Å². The lowest BCUT2D eigenvalue weighted by molar-refractivity contribution is -0.142. The maximum atomic E-state index is 15.3. The first-order valence-corrected chi connectivity index (χ1v) is 41.6. The van der Waals surface area contributed by atoms with Gasteiger partial charge in [0.05, 0.1) is 125 Å². The largest absolute Gasteiger partial charge is 0.508 e. The highest BCUT2D eigenvalue weighted by Crippen LogP contribution is 2.27. The zero-order valence-electron chi connectivity index (χ0n) is 67.0. The lowest BCUT2D eigenvalue weighted by Gasteiger charge is -2.31. The molecule has 2 aliphatic heterocycles. The van der Waals surface area contributed by atoms with Crippen LogP contribution in [0.5, 0.6) is 5.75 Å². The number of ether oxygens (including phenoxy) is 8. The van der Waals surface area contributed by atoms with Crippen LogP contribution >= 0.6 is 23.5 Å². The molecule has 0 aromatic heterocycles. The van der Waals surface area contributed by atoms with Crippen LogP contribution in [0.25, 0.3) is 0 Å². The van der Waals surface area contributed by atoms with E-state index in [4.69, 9.17) is 66.6 Å². The number of nitrogens with two attached hydrogens (primary N) is 5. The van der Waals surface area contributed by atoms with E-state index in [-0.39, 0.29) is 119 Å². The van der Waals surface area contributed by atoms with E-state index >= 15 is 14.4 Å². The number of benzene rings is 2. The van der Waals surface area contributed by atoms with Crippen LogP contribution in [0.2, 0.25) is 0 Å². The van der Waals surface area contributed by atoms with Crippen LogP contribution in [0.1, 0.15) is 94.6 Å². The number of likely N-dealkylation sites (tertiary alicyclic amines) is 1. The predicted molar refractivity (Wildman–Crippen MR) is 432 cm³/mol.